The Kier molecular flexibility index (Phi) is 5.77. The smallest absolute Gasteiger partial charge is 0.255 e. The maximum Gasteiger partial charge on any atom is 0.255 e. The number of hydrogen-bond acceptors (Lipinski definition) is 6. The number of nitrogens with zero attached hydrogens (tertiary/aromatic N) is 3. The van der Waals surface area contributed by atoms with Crippen molar-refractivity contribution in [3.05, 3.63) is 47.7 Å². The Morgan fingerprint density at radius 1 is 1.32 bits per heavy atom. The zero-order valence-corrected chi connectivity index (χ0v) is 17.1. The molecule has 2 heterocycles. The molecule has 3 unspecified atom stereocenters. The van der Waals surface area contributed by atoms with Crippen LogP contribution in [0.2, 0.25) is 0 Å². The number of rotatable bonds is 8. The molecule has 1 aromatic carbocycles. The number of aromatic nitrogens is 1. The number of ether oxygens (including phenoxy) is 2. The molecular formula is C23H23F2N3O3. The number of benzene rings is 1. The molecule has 1 saturated heterocycles. The lowest BCUT2D eigenvalue weighted by molar-refractivity contribution is -0.108. The van der Waals surface area contributed by atoms with Gasteiger partial charge in [-0.05, 0) is 23.8 Å². The lowest BCUT2D eigenvalue weighted by Gasteiger charge is -2.20. The van der Waals surface area contributed by atoms with Crippen LogP contribution in [0.1, 0.15) is 36.9 Å². The van der Waals surface area contributed by atoms with Gasteiger partial charge in [0.2, 0.25) is 5.88 Å². The second kappa shape index (κ2) is 8.50. The quantitative estimate of drug-likeness (QED) is 0.594. The molecule has 2 fully saturated rings. The Hall–Kier alpha value is -3.21. The fourth-order valence-electron chi connectivity index (χ4n) is 3.65. The number of aldehydes is 1. The Balaban J connectivity index is 1.36. The summed E-state index contributed by atoms with van der Waals surface area (Å²) in [5.74, 6) is -2.66. The van der Waals surface area contributed by atoms with Crippen molar-refractivity contribution in [1.29, 1.82) is 5.26 Å². The molecule has 1 aliphatic carbocycles. The van der Waals surface area contributed by atoms with Crippen LogP contribution in [-0.2, 0) is 4.79 Å². The molecule has 31 heavy (non-hydrogen) atoms. The monoisotopic (exact) mass is 427 g/mol. The van der Waals surface area contributed by atoms with Crippen LogP contribution < -0.4 is 14.4 Å². The van der Waals surface area contributed by atoms with Crippen molar-refractivity contribution in [2.24, 2.45) is 5.92 Å². The first-order valence-corrected chi connectivity index (χ1v) is 10.3. The third-order valence-electron chi connectivity index (χ3n) is 5.74. The number of hydrogen-bond donors (Lipinski definition) is 0. The molecular weight excluding hydrogens is 404 g/mol. The van der Waals surface area contributed by atoms with E-state index in [0.717, 1.165) is 24.0 Å². The largest absolute Gasteiger partial charge is 0.489 e. The highest BCUT2D eigenvalue weighted by molar-refractivity contribution is 5.61. The summed E-state index contributed by atoms with van der Waals surface area (Å²) in [6.07, 6.45) is 1.48. The highest BCUT2D eigenvalue weighted by Gasteiger charge is 2.57. The average Bonchev–Trinajstić information content (AvgIpc) is 3.16. The van der Waals surface area contributed by atoms with Crippen LogP contribution in [0, 0.1) is 17.2 Å². The first-order valence-electron chi connectivity index (χ1n) is 10.3. The van der Waals surface area contributed by atoms with Crippen LogP contribution in [0.25, 0.3) is 0 Å². The normalized spacial score (nSPS) is 22.5. The zero-order chi connectivity index (χ0) is 22.0. The van der Waals surface area contributed by atoms with Crippen molar-refractivity contribution in [1.82, 2.24) is 4.98 Å². The third kappa shape index (κ3) is 4.76. The van der Waals surface area contributed by atoms with Gasteiger partial charge in [-0.25, -0.2) is 13.8 Å². The first-order chi connectivity index (χ1) is 14.9. The predicted molar refractivity (Wildman–Crippen MR) is 110 cm³/mol. The molecule has 0 spiro atoms. The Labute approximate surface area is 179 Å². The number of alkyl halides is 2. The van der Waals surface area contributed by atoms with Crippen LogP contribution in [0.3, 0.4) is 0 Å². The lowest BCUT2D eigenvalue weighted by Crippen LogP contribution is -2.25. The van der Waals surface area contributed by atoms with Crippen LogP contribution in [-0.4, -0.2) is 43.0 Å². The molecule has 1 aliphatic heterocycles. The molecule has 4 rings (SSSR count). The summed E-state index contributed by atoms with van der Waals surface area (Å²) in [5, 5.41) is 9.50. The van der Waals surface area contributed by atoms with E-state index in [4.69, 9.17) is 9.47 Å². The van der Waals surface area contributed by atoms with Gasteiger partial charge in [-0.1, -0.05) is 19.1 Å². The Morgan fingerprint density at radius 3 is 2.71 bits per heavy atom. The van der Waals surface area contributed by atoms with Crippen LogP contribution in [0.5, 0.6) is 11.6 Å². The predicted octanol–water partition coefficient (Wildman–Crippen LogP) is 3.95. The van der Waals surface area contributed by atoms with E-state index < -0.39 is 11.8 Å². The fourth-order valence-corrected chi connectivity index (χ4v) is 3.65. The molecule has 6 nitrogen and oxygen atoms in total. The van der Waals surface area contributed by atoms with Crippen molar-refractivity contribution < 1.29 is 23.0 Å². The van der Waals surface area contributed by atoms with Gasteiger partial charge in [-0.15, -0.1) is 0 Å². The molecule has 0 radical (unpaired) electrons. The van der Waals surface area contributed by atoms with Crippen LogP contribution >= 0.6 is 0 Å². The summed E-state index contributed by atoms with van der Waals surface area (Å²) in [5.41, 5.74) is 1.81. The Bertz CT molecular complexity index is 991. The summed E-state index contributed by atoms with van der Waals surface area (Å²) in [7, 11) is 0. The molecule has 2 aliphatic rings. The molecule has 8 heteroatoms. The maximum atomic E-state index is 13.0. The van der Waals surface area contributed by atoms with E-state index in [-0.39, 0.29) is 36.6 Å². The minimum atomic E-state index is -2.64. The molecule has 162 valence electrons. The molecule has 2 aromatic rings. The van der Waals surface area contributed by atoms with Crippen molar-refractivity contribution in [2.75, 3.05) is 24.6 Å². The van der Waals surface area contributed by atoms with Gasteiger partial charge in [0, 0.05) is 31.4 Å². The van der Waals surface area contributed by atoms with E-state index in [1.165, 1.54) is 0 Å². The highest BCUT2D eigenvalue weighted by atomic mass is 19.3. The van der Waals surface area contributed by atoms with Crippen molar-refractivity contribution in [3.8, 4) is 17.7 Å². The summed E-state index contributed by atoms with van der Waals surface area (Å²) in [4.78, 5) is 17.1. The van der Waals surface area contributed by atoms with Gasteiger partial charge in [0.1, 0.15) is 24.2 Å². The molecule has 1 saturated carbocycles. The topological polar surface area (TPSA) is 75.4 Å². The summed E-state index contributed by atoms with van der Waals surface area (Å²) in [6.45, 7) is 3.04. The molecule has 0 N–H and O–H groups in total. The molecule has 0 bridgehead atoms. The van der Waals surface area contributed by atoms with Gasteiger partial charge in [-0.3, -0.25) is 0 Å². The van der Waals surface area contributed by atoms with E-state index in [9.17, 15) is 18.8 Å². The summed E-state index contributed by atoms with van der Waals surface area (Å²) < 4.78 is 37.4. The zero-order valence-electron chi connectivity index (χ0n) is 17.1. The Morgan fingerprint density at radius 2 is 2.06 bits per heavy atom. The van der Waals surface area contributed by atoms with Crippen LogP contribution in [0.15, 0.2) is 36.4 Å². The number of nitriles is 1. The lowest BCUT2D eigenvalue weighted by atomic mass is 10.0. The number of carbonyl (C=O) groups excluding carboxylic acids is 1. The van der Waals surface area contributed by atoms with Crippen molar-refractivity contribution in [2.45, 2.75) is 37.7 Å². The number of carbonyl (C=O) groups is 1. The number of halogens is 2. The van der Waals surface area contributed by atoms with Crippen LogP contribution in [0.4, 0.5) is 14.5 Å². The fraction of sp³-hybridized carbons (Fsp3) is 0.435. The van der Waals surface area contributed by atoms with Gasteiger partial charge in [0.15, 0.2) is 5.69 Å². The van der Waals surface area contributed by atoms with E-state index in [1.807, 2.05) is 36.1 Å². The van der Waals surface area contributed by atoms with E-state index in [1.54, 1.807) is 12.1 Å². The van der Waals surface area contributed by atoms with Crippen molar-refractivity contribution >= 4 is 12.0 Å². The summed E-state index contributed by atoms with van der Waals surface area (Å²) in [6, 6.07) is 12.9. The van der Waals surface area contributed by atoms with Crippen molar-refractivity contribution in [3.63, 3.8) is 0 Å². The highest BCUT2D eigenvalue weighted by Crippen LogP contribution is 2.48. The van der Waals surface area contributed by atoms with Gasteiger partial charge in [-0.2, -0.15) is 5.26 Å². The minimum absolute atomic E-state index is 0.0473. The summed E-state index contributed by atoms with van der Waals surface area (Å²) >= 11 is 0. The van der Waals surface area contributed by atoms with Gasteiger partial charge in [0.05, 0.1) is 24.8 Å². The molecule has 1 aromatic heterocycles. The number of anilines is 1. The third-order valence-corrected chi connectivity index (χ3v) is 5.74. The van der Waals surface area contributed by atoms with Gasteiger partial charge < -0.3 is 19.2 Å². The van der Waals surface area contributed by atoms with E-state index >= 15 is 0 Å². The molecule has 3 atom stereocenters. The maximum absolute atomic E-state index is 13.0. The minimum Gasteiger partial charge on any atom is -0.489 e. The molecule has 0 amide bonds. The van der Waals surface area contributed by atoms with Gasteiger partial charge in [0.25, 0.3) is 5.92 Å². The van der Waals surface area contributed by atoms with E-state index in [0.29, 0.717) is 18.8 Å². The average molecular weight is 427 g/mol. The SMILES string of the molecule is CC(C=O)c1ccc(OC2CCN(c3ccc(OCC4CC4(F)F)nc3C#N)C2)cc1. The van der Waals surface area contributed by atoms with E-state index in [2.05, 4.69) is 11.1 Å². The first kappa shape index (κ1) is 21.0. The second-order valence-electron chi connectivity index (χ2n) is 8.07. The standard InChI is InChI=1S/C23H23F2N3O3/c1-15(13-29)16-2-4-18(5-3-16)31-19-8-9-28(12-19)21-6-7-22(27-20(21)11-26)30-14-17-10-23(17,24)25/h2-7,13,15,17,19H,8-10,12,14H2,1H3. The van der Waals surface area contributed by atoms with Gasteiger partial charge >= 0.3 is 0 Å². The number of pyridine rings is 1. The second-order valence-corrected chi connectivity index (χ2v) is 8.07.